The maximum atomic E-state index is 12.4. The van der Waals surface area contributed by atoms with E-state index in [0.29, 0.717) is 20.4 Å². The van der Waals surface area contributed by atoms with E-state index in [1.54, 1.807) is 31.3 Å². The van der Waals surface area contributed by atoms with Gasteiger partial charge in [0, 0.05) is 18.7 Å². The van der Waals surface area contributed by atoms with E-state index < -0.39 is 17.3 Å². The summed E-state index contributed by atoms with van der Waals surface area (Å²) in [4.78, 5) is 26.1. The maximum Gasteiger partial charge on any atom is 0.263 e. The van der Waals surface area contributed by atoms with Gasteiger partial charge in [-0.05, 0) is 37.9 Å². The number of rotatable bonds is 3. The molecule has 5 nitrogen and oxygen atoms in total. The van der Waals surface area contributed by atoms with Gasteiger partial charge in [-0.2, -0.15) is 0 Å². The summed E-state index contributed by atoms with van der Waals surface area (Å²) in [7, 11) is 1.57. The van der Waals surface area contributed by atoms with Crippen LogP contribution in [0.4, 0.5) is 5.69 Å². The molecular weight excluding hydrogens is 418 g/mol. The number of hydrogen-bond acceptors (Lipinski definition) is 4. The number of anilines is 1. The summed E-state index contributed by atoms with van der Waals surface area (Å²) in [6, 6.07) is 8.39. The van der Waals surface area contributed by atoms with Crippen LogP contribution >= 0.6 is 31.9 Å². The summed E-state index contributed by atoms with van der Waals surface area (Å²) in [6.45, 7) is 0. The smallest absolute Gasteiger partial charge is 0.263 e. The lowest BCUT2D eigenvalue weighted by atomic mass is 9.89. The van der Waals surface area contributed by atoms with E-state index in [1.165, 1.54) is 11.0 Å². The molecule has 0 saturated carbocycles. The molecule has 0 bridgehead atoms. The van der Waals surface area contributed by atoms with Gasteiger partial charge < -0.3 is 14.4 Å². The molecule has 0 spiro atoms. The highest BCUT2D eigenvalue weighted by atomic mass is 79.9. The first kappa shape index (κ1) is 15.5. The number of furan rings is 1. The van der Waals surface area contributed by atoms with Crippen LogP contribution in [0.2, 0.25) is 0 Å². The van der Waals surface area contributed by atoms with Crippen LogP contribution in [0.5, 0.6) is 0 Å². The monoisotopic (exact) mass is 427 g/mol. The molecule has 1 aromatic carbocycles. The minimum absolute atomic E-state index is 0.0759. The number of ketones is 1. The Kier molecular flexibility index (Phi) is 3.74. The highest BCUT2D eigenvalue weighted by molar-refractivity contribution is 9.13. The van der Waals surface area contributed by atoms with Crippen LogP contribution in [0.15, 0.2) is 43.9 Å². The Bertz CT molecular complexity index is 766. The predicted molar refractivity (Wildman–Crippen MR) is 86.8 cm³/mol. The van der Waals surface area contributed by atoms with Gasteiger partial charge in [-0.25, -0.2) is 0 Å². The van der Waals surface area contributed by atoms with Gasteiger partial charge in [0.25, 0.3) is 5.91 Å². The van der Waals surface area contributed by atoms with Gasteiger partial charge in [-0.1, -0.05) is 18.2 Å². The molecule has 3 rings (SSSR count). The first-order chi connectivity index (χ1) is 10.3. The number of nitrogens with zero attached hydrogens (tertiary/aromatic N) is 1. The topological polar surface area (TPSA) is 70.8 Å². The van der Waals surface area contributed by atoms with E-state index in [2.05, 4.69) is 31.9 Å². The highest BCUT2D eigenvalue weighted by Gasteiger charge is 2.49. The molecule has 1 aliphatic rings. The average Bonchev–Trinajstić information content (AvgIpc) is 2.92. The van der Waals surface area contributed by atoms with E-state index in [4.69, 9.17) is 4.42 Å². The third-order valence-electron chi connectivity index (χ3n) is 3.71. The zero-order valence-electron chi connectivity index (χ0n) is 11.5. The third kappa shape index (κ3) is 2.24. The lowest BCUT2D eigenvalue weighted by Crippen LogP contribution is -2.40. The van der Waals surface area contributed by atoms with E-state index in [0.717, 1.165) is 0 Å². The van der Waals surface area contributed by atoms with E-state index >= 15 is 0 Å². The van der Waals surface area contributed by atoms with Gasteiger partial charge in [0.05, 0.1) is 16.6 Å². The number of carbonyl (C=O) groups excluding carboxylic acids is 2. The van der Waals surface area contributed by atoms with Gasteiger partial charge in [0.15, 0.2) is 16.0 Å². The molecule has 1 aliphatic heterocycles. The molecule has 1 atom stereocenters. The minimum Gasteiger partial charge on any atom is -0.445 e. The number of benzene rings is 1. The maximum absolute atomic E-state index is 12.4. The fraction of sp³-hybridized carbons (Fsp3) is 0.200. The van der Waals surface area contributed by atoms with Crippen molar-refractivity contribution >= 4 is 49.2 Å². The number of carbonyl (C=O) groups is 2. The van der Waals surface area contributed by atoms with E-state index in [1.807, 2.05) is 0 Å². The Hall–Kier alpha value is -1.44. The number of amides is 1. The normalized spacial score (nSPS) is 20.4. The summed E-state index contributed by atoms with van der Waals surface area (Å²) in [5.74, 6) is -0.897. The summed E-state index contributed by atoms with van der Waals surface area (Å²) < 4.78 is 6.25. The molecule has 0 radical (unpaired) electrons. The Morgan fingerprint density at radius 3 is 2.68 bits per heavy atom. The number of halogens is 2. The van der Waals surface area contributed by atoms with Crippen LogP contribution < -0.4 is 4.90 Å². The molecule has 2 aromatic rings. The lowest BCUT2D eigenvalue weighted by Gasteiger charge is -2.20. The largest absolute Gasteiger partial charge is 0.445 e. The predicted octanol–water partition coefficient (Wildman–Crippen LogP) is 3.24. The van der Waals surface area contributed by atoms with Crippen molar-refractivity contribution in [3.8, 4) is 0 Å². The Morgan fingerprint density at radius 2 is 2.05 bits per heavy atom. The van der Waals surface area contributed by atoms with Crippen LogP contribution in [-0.2, 0) is 10.4 Å². The van der Waals surface area contributed by atoms with Crippen molar-refractivity contribution in [2.75, 3.05) is 11.9 Å². The Labute approximate surface area is 143 Å². The summed E-state index contributed by atoms with van der Waals surface area (Å²) in [5.41, 5.74) is -0.834. The van der Waals surface area contributed by atoms with Crippen molar-refractivity contribution in [3.63, 3.8) is 0 Å². The Balaban J connectivity index is 1.97. The van der Waals surface area contributed by atoms with Crippen LogP contribution in [-0.4, -0.2) is 23.8 Å². The van der Waals surface area contributed by atoms with Gasteiger partial charge in [-0.3, -0.25) is 9.59 Å². The van der Waals surface area contributed by atoms with Gasteiger partial charge in [0.2, 0.25) is 5.78 Å². The first-order valence-electron chi connectivity index (χ1n) is 6.42. The van der Waals surface area contributed by atoms with Crippen LogP contribution in [0.1, 0.15) is 22.5 Å². The van der Waals surface area contributed by atoms with Crippen LogP contribution in [0.3, 0.4) is 0 Å². The number of likely N-dealkylation sites (N-methyl/N-ethyl adjacent to an activating group) is 1. The third-order valence-corrected chi connectivity index (χ3v) is 5.42. The second-order valence-corrected chi connectivity index (χ2v) is 6.65. The number of aliphatic hydroxyl groups is 1. The molecular formula is C15H11Br2NO4. The molecule has 2 heterocycles. The Morgan fingerprint density at radius 1 is 1.36 bits per heavy atom. The number of fused-ring (bicyclic) bond motifs is 1. The summed E-state index contributed by atoms with van der Waals surface area (Å²) in [6.07, 6.45) is -0.375. The van der Waals surface area contributed by atoms with Gasteiger partial charge in [-0.15, -0.1) is 0 Å². The average molecular weight is 429 g/mol. The molecule has 114 valence electrons. The van der Waals surface area contributed by atoms with Crippen molar-refractivity contribution in [1.82, 2.24) is 0 Å². The molecule has 22 heavy (non-hydrogen) atoms. The summed E-state index contributed by atoms with van der Waals surface area (Å²) in [5, 5.41) is 10.8. The van der Waals surface area contributed by atoms with Gasteiger partial charge >= 0.3 is 0 Å². The SMILES string of the molecule is CN1C(=O)[C@@](O)(CC(=O)c2cc(Br)c(Br)o2)c2ccccc21. The van der Waals surface area contributed by atoms with Crippen molar-refractivity contribution in [2.24, 2.45) is 0 Å². The zero-order chi connectivity index (χ0) is 16.1. The molecule has 0 fully saturated rings. The molecule has 0 aliphatic carbocycles. The second kappa shape index (κ2) is 5.33. The summed E-state index contributed by atoms with van der Waals surface area (Å²) >= 11 is 6.38. The standard InChI is InChI=1S/C15H11Br2NO4/c1-18-10-5-3-2-4-8(10)15(21,14(18)20)7-11(19)12-6-9(16)13(17)22-12/h2-6,21H,7H2,1H3/t15-/m1/s1. The lowest BCUT2D eigenvalue weighted by molar-refractivity contribution is -0.135. The quantitative estimate of drug-likeness (QED) is 0.761. The van der Waals surface area contributed by atoms with Crippen molar-refractivity contribution in [2.45, 2.75) is 12.0 Å². The number of hydrogen-bond donors (Lipinski definition) is 1. The van der Waals surface area contributed by atoms with Crippen molar-refractivity contribution in [3.05, 3.63) is 50.8 Å². The van der Waals surface area contributed by atoms with Crippen LogP contribution in [0, 0.1) is 0 Å². The molecule has 0 saturated heterocycles. The van der Waals surface area contributed by atoms with Crippen LogP contribution in [0.25, 0.3) is 0 Å². The minimum atomic E-state index is -1.87. The zero-order valence-corrected chi connectivity index (χ0v) is 14.6. The van der Waals surface area contributed by atoms with Gasteiger partial charge in [0.1, 0.15) is 0 Å². The van der Waals surface area contributed by atoms with E-state index in [9.17, 15) is 14.7 Å². The highest BCUT2D eigenvalue weighted by Crippen LogP contribution is 2.42. The fourth-order valence-corrected chi connectivity index (χ4v) is 3.17. The van der Waals surface area contributed by atoms with E-state index in [-0.39, 0.29) is 12.2 Å². The fourth-order valence-electron chi connectivity index (χ4n) is 2.59. The molecule has 0 unspecified atom stereocenters. The number of para-hydroxylation sites is 1. The van der Waals surface area contributed by atoms with Crippen molar-refractivity contribution in [1.29, 1.82) is 0 Å². The second-order valence-electron chi connectivity index (χ2n) is 5.07. The first-order valence-corrected chi connectivity index (χ1v) is 8.01. The van der Waals surface area contributed by atoms with Crippen molar-refractivity contribution < 1.29 is 19.1 Å². The molecule has 1 aromatic heterocycles. The number of Topliss-reactive ketones (excluding diaryl/α,β-unsaturated/α-hetero) is 1. The molecule has 1 N–H and O–H groups in total. The molecule has 1 amide bonds. The molecule has 7 heteroatoms.